The molecule has 0 atom stereocenters. The van der Waals surface area contributed by atoms with Crippen LogP contribution in [0.1, 0.15) is 38.1 Å². The molecule has 1 fully saturated rings. The van der Waals surface area contributed by atoms with Crippen molar-refractivity contribution in [3.05, 3.63) is 23.8 Å². The van der Waals surface area contributed by atoms with Crippen LogP contribution >= 0.6 is 0 Å². The highest BCUT2D eigenvalue weighted by Crippen LogP contribution is 2.36. The van der Waals surface area contributed by atoms with Crippen molar-refractivity contribution >= 4 is 18.5 Å². The lowest BCUT2D eigenvalue weighted by molar-refractivity contribution is 0.00578. The molecular formula is C15H22BNO4. The highest BCUT2D eigenvalue weighted by atomic mass is 16.7. The average molecular weight is 291 g/mol. The Kier molecular flexibility index (Phi) is 4.04. The van der Waals surface area contributed by atoms with Crippen molar-refractivity contribution in [2.45, 2.75) is 38.9 Å². The number of carbonyl (C=O) groups excluding carboxylic acids is 1. The monoisotopic (exact) mass is 291 g/mol. The molecule has 1 aromatic rings. The molecule has 6 heteroatoms. The van der Waals surface area contributed by atoms with Gasteiger partial charge >= 0.3 is 7.12 Å². The number of carbonyl (C=O) groups is 1. The first kappa shape index (κ1) is 15.9. The first-order valence-corrected chi connectivity index (χ1v) is 6.97. The molecule has 1 aromatic carbocycles. The van der Waals surface area contributed by atoms with Crippen molar-refractivity contribution in [1.82, 2.24) is 5.32 Å². The van der Waals surface area contributed by atoms with E-state index >= 15 is 0 Å². The fraction of sp³-hybridized carbons (Fsp3) is 0.533. The van der Waals surface area contributed by atoms with Crippen molar-refractivity contribution in [2.24, 2.45) is 0 Å². The smallest absolute Gasteiger partial charge is 0.494 e. The summed E-state index contributed by atoms with van der Waals surface area (Å²) in [5.41, 5.74) is 0.440. The predicted molar refractivity (Wildman–Crippen MR) is 82.1 cm³/mol. The molecule has 0 saturated carbocycles. The van der Waals surface area contributed by atoms with E-state index in [-0.39, 0.29) is 5.91 Å². The normalized spacial score (nSPS) is 19.4. The number of methoxy groups -OCH3 is 1. The molecule has 1 saturated heterocycles. The summed E-state index contributed by atoms with van der Waals surface area (Å²) in [6, 6.07) is 5.28. The van der Waals surface area contributed by atoms with Gasteiger partial charge in [-0.15, -0.1) is 0 Å². The van der Waals surface area contributed by atoms with E-state index in [1.54, 1.807) is 26.3 Å². The number of hydrogen-bond donors (Lipinski definition) is 1. The molecule has 2 rings (SSSR count). The number of nitrogens with one attached hydrogen (secondary N) is 1. The average Bonchev–Trinajstić information content (AvgIpc) is 2.66. The summed E-state index contributed by atoms with van der Waals surface area (Å²) in [5.74, 6) is 0.424. The van der Waals surface area contributed by atoms with Gasteiger partial charge < -0.3 is 19.4 Å². The van der Waals surface area contributed by atoms with Crippen molar-refractivity contribution in [1.29, 1.82) is 0 Å². The van der Waals surface area contributed by atoms with E-state index in [0.717, 1.165) is 5.46 Å². The molecule has 114 valence electrons. The second-order valence-electron chi connectivity index (χ2n) is 6.16. The minimum atomic E-state index is -0.520. The van der Waals surface area contributed by atoms with Crippen LogP contribution in [0.4, 0.5) is 0 Å². The topological polar surface area (TPSA) is 56.8 Å². The van der Waals surface area contributed by atoms with Gasteiger partial charge in [-0.2, -0.15) is 0 Å². The van der Waals surface area contributed by atoms with Crippen LogP contribution in [0.2, 0.25) is 0 Å². The molecule has 21 heavy (non-hydrogen) atoms. The molecule has 1 N–H and O–H groups in total. The van der Waals surface area contributed by atoms with Gasteiger partial charge in [0.1, 0.15) is 5.75 Å². The van der Waals surface area contributed by atoms with Gasteiger partial charge in [0.25, 0.3) is 5.91 Å². The van der Waals surface area contributed by atoms with Crippen LogP contribution in [0.3, 0.4) is 0 Å². The Bertz CT molecular complexity index is 541. The van der Waals surface area contributed by atoms with Gasteiger partial charge in [-0.3, -0.25) is 4.79 Å². The van der Waals surface area contributed by atoms with Crippen LogP contribution < -0.4 is 15.5 Å². The van der Waals surface area contributed by atoms with Gasteiger partial charge in [-0.1, -0.05) is 0 Å². The van der Waals surface area contributed by atoms with Crippen molar-refractivity contribution < 1.29 is 18.8 Å². The third kappa shape index (κ3) is 2.92. The second-order valence-corrected chi connectivity index (χ2v) is 6.16. The SMILES string of the molecule is CNC(=O)c1cc(OC)cc(B2OC(C)(C)C(C)(C)O2)c1. The molecule has 1 aliphatic rings. The summed E-state index contributed by atoms with van der Waals surface area (Å²) in [6.07, 6.45) is 0. The summed E-state index contributed by atoms with van der Waals surface area (Å²) >= 11 is 0. The van der Waals surface area contributed by atoms with Crippen LogP contribution in [-0.2, 0) is 9.31 Å². The Balaban J connectivity index is 2.39. The maximum atomic E-state index is 11.9. The first-order chi connectivity index (χ1) is 9.70. The van der Waals surface area contributed by atoms with Gasteiger partial charge in [-0.05, 0) is 51.4 Å². The van der Waals surface area contributed by atoms with E-state index in [1.807, 2.05) is 33.8 Å². The maximum Gasteiger partial charge on any atom is 0.494 e. The molecule has 1 amide bonds. The molecule has 0 unspecified atom stereocenters. The standard InChI is InChI=1S/C15H22BNO4/c1-14(2)15(3,4)21-16(20-14)11-7-10(13(18)17-5)8-12(9-11)19-6/h7-9H,1-6H3,(H,17,18). The molecule has 0 aromatic heterocycles. The summed E-state index contributed by atoms with van der Waals surface area (Å²) < 4.78 is 17.3. The Morgan fingerprint density at radius 1 is 1.14 bits per heavy atom. The van der Waals surface area contributed by atoms with Gasteiger partial charge in [0, 0.05) is 12.6 Å². The molecule has 5 nitrogen and oxygen atoms in total. The van der Waals surface area contributed by atoms with Crippen LogP contribution in [-0.4, -0.2) is 38.4 Å². The Morgan fingerprint density at radius 3 is 2.19 bits per heavy atom. The Hall–Kier alpha value is -1.53. The Morgan fingerprint density at radius 2 is 1.71 bits per heavy atom. The molecule has 0 bridgehead atoms. The Labute approximate surface area is 126 Å². The minimum Gasteiger partial charge on any atom is -0.497 e. The summed E-state index contributed by atoms with van der Waals surface area (Å²) in [7, 11) is 2.64. The third-order valence-electron chi connectivity index (χ3n) is 4.18. The number of ether oxygens (including phenoxy) is 1. The van der Waals surface area contributed by atoms with E-state index in [4.69, 9.17) is 14.0 Å². The molecular weight excluding hydrogens is 269 g/mol. The number of amides is 1. The highest BCUT2D eigenvalue weighted by Gasteiger charge is 2.51. The van der Waals surface area contributed by atoms with E-state index in [1.165, 1.54) is 0 Å². The van der Waals surface area contributed by atoms with Gasteiger partial charge in [0.2, 0.25) is 0 Å². The zero-order valence-electron chi connectivity index (χ0n) is 13.4. The quantitative estimate of drug-likeness (QED) is 0.854. The molecule has 0 spiro atoms. The van der Waals surface area contributed by atoms with Crippen LogP contribution in [0.5, 0.6) is 5.75 Å². The summed E-state index contributed by atoms with van der Waals surface area (Å²) in [4.78, 5) is 11.9. The largest absolute Gasteiger partial charge is 0.497 e. The fourth-order valence-electron chi connectivity index (χ4n) is 2.13. The lowest BCUT2D eigenvalue weighted by atomic mass is 9.78. The summed E-state index contributed by atoms with van der Waals surface area (Å²) in [5, 5.41) is 2.61. The minimum absolute atomic E-state index is 0.174. The second kappa shape index (κ2) is 5.35. The lowest BCUT2D eigenvalue weighted by Gasteiger charge is -2.32. The number of benzene rings is 1. The van der Waals surface area contributed by atoms with Crippen LogP contribution in [0.15, 0.2) is 18.2 Å². The van der Waals surface area contributed by atoms with E-state index < -0.39 is 18.3 Å². The van der Waals surface area contributed by atoms with Crippen molar-refractivity contribution in [3.63, 3.8) is 0 Å². The third-order valence-corrected chi connectivity index (χ3v) is 4.18. The molecule has 0 aliphatic carbocycles. The van der Waals surface area contributed by atoms with Gasteiger partial charge in [0.15, 0.2) is 0 Å². The zero-order chi connectivity index (χ0) is 15.8. The summed E-state index contributed by atoms with van der Waals surface area (Å²) in [6.45, 7) is 7.97. The highest BCUT2D eigenvalue weighted by molar-refractivity contribution is 6.62. The van der Waals surface area contributed by atoms with Crippen LogP contribution in [0, 0.1) is 0 Å². The van der Waals surface area contributed by atoms with E-state index in [9.17, 15) is 4.79 Å². The van der Waals surface area contributed by atoms with Crippen molar-refractivity contribution in [2.75, 3.05) is 14.2 Å². The maximum absolute atomic E-state index is 11.9. The van der Waals surface area contributed by atoms with Crippen molar-refractivity contribution in [3.8, 4) is 5.75 Å². The van der Waals surface area contributed by atoms with Crippen LogP contribution in [0.25, 0.3) is 0 Å². The van der Waals surface area contributed by atoms with E-state index in [2.05, 4.69) is 5.32 Å². The fourth-order valence-corrected chi connectivity index (χ4v) is 2.13. The lowest BCUT2D eigenvalue weighted by Crippen LogP contribution is -2.41. The number of hydrogen-bond acceptors (Lipinski definition) is 4. The van der Waals surface area contributed by atoms with Gasteiger partial charge in [0.05, 0.1) is 18.3 Å². The first-order valence-electron chi connectivity index (χ1n) is 6.97. The molecule has 0 radical (unpaired) electrons. The number of rotatable bonds is 3. The predicted octanol–water partition coefficient (Wildman–Crippen LogP) is 1.35. The zero-order valence-corrected chi connectivity index (χ0v) is 13.4. The van der Waals surface area contributed by atoms with E-state index in [0.29, 0.717) is 11.3 Å². The molecule has 1 heterocycles. The molecule has 1 aliphatic heterocycles. The van der Waals surface area contributed by atoms with Gasteiger partial charge in [-0.25, -0.2) is 0 Å².